The monoisotopic (exact) mass is 544 g/mol. The van der Waals surface area contributed by atoms with Crippen LogP contribution in [0.4, 0.5) is 4.79 Å². The van der Waals surface area contributed by atoms with Gasteiger partial charge in [0.25, 0.3) is 0 Å². The van der Waals surface area contributed by atoms with Gasteiger partial charge in [-0.2, -0.15) is 0 Å². The summed E-state index contributed by atoms with van der Waals surface area (Å²) in [4.78, 5) is 38.1. The molecule has 0 fully saturated rings. The van der Waals surface area contributed by atoms with Gasteiger partial charge in [-0.25, -0.2) is 9.59 Å². The van der Waals surface area contributed by atoms with E-state index in [2.05, 4.69) is 22.8 Å². The number of amides is 2. The van der Waals surface area contributed by atoms with Crippen molar-refractivity contribution in [2.24, 2.45) is 5.92 Å². The largest absolute Gasteiger partial charge is 0.480 e. The molecule has 0 saturated carbocycles. The number of hydrogen-bond donors (Lipinski definition) is 3. The quantitative estimate of drug-likeness (QED) is 0.292. The van der Waals surface area contributed by atoms with Crippen molar-refractivity contribution in [1.29, 1.82) is 0 Å². The molecule has 0 saturated heterocycles. The highest BCUT2D eigenvalue weighted by atomic mass is 16.5. The molecule has 3 N–H and O–H groups in total. The Morgan fingerprint density at radius 1 is 0.825 bits per heavy atom. The minimum atomic E-state index is -1.30. The molecule has 2 amide bonds. The Morgan fingerprint density at radius 3 is 1.98 bits per heavy atom. The highest BCUT2D eigenvalue weighted by Gasteiger charge is 2.33. The summed E-state index contributed by atoms with van der Waals surface area (Å²) in [5, 5.41) is 15.0. The maximum absolute atomic E-state index is 13.2. The molecule has 0 bridgehead atoms. The highest BCUT2D eigenvalue weighted by Crippen LogP contribution is 2.44. The van der Waals surface area contributed by atoms with Gasteiger partial charge in [-0.3, -0.25) is 4.79 Å². The summed E-state index contributed by atoms with van der Waals surface area (Å²) in [5.41, 5.74) is 5.29. The number of carbonyl (C=O) groups is 3. The number of alkyl carbamates (subject to hydrolysis) is 1. The molecule has 0 radical (unpaired) electrons. The molecule has 1 aliphatic carbocycles. The van der Waals surface area contributed by atoms with Crippen LogP contribution in [0.25, 0.3) is 11.1 Å². The molecular weight excluding hydrogens is 508 g/mol. The molecule has 1 aliphatic rings. The number of benzene rings is 3. The van der Waals surface area contributed by atoms with Crippen molar-refractivity contribution >= 4 is 18.0 Å². The molecule has 0 heterocycles. The van der Waals surface area contributed by atoms with Gasteiger partial charge in [0, 0.05) is 5.92 Å². The third-order valence-electron chi connectivity index (χ3n) is 7.05. The smallest absolute Gasteiger partial charge is 0.407 e. The van der Waals surface area contributed by atoms with Crippen molar-refractivity contribution in [3.05, 3.63) is 95.6 Å². The maximum Gasteiger partial charge on any atom is 0.407 e. The third kappa shape index (κ3) is 7.07. The lowest BCUT2D eigenvalue weighted by atomic mass is 9.98. The van der Waals surface area contributed by atoms with Crippen molar-refractivity contribution in [2.45, 2.75) is 57.9 Å². The lowest BCUT2D eigenvalue weighted by Gasteiger charge is -2.26. The molecule has 3 aromatic rings. The number of ether oxygens (including phenoxy) is 2. The summed E-state index contributed by atoms with van der Waals surface area (Å²) in [6.07, 6.45) is -1.24. The maximum atomic E-state index is 13.2. The van der Waals surface area contributed by atoms with E-state index in [0.717, 1.165) is 27.8 Å². The van der Waals surface area contributed by atoms with Crippen LogP contribution >= 0.6 is 0 Å². The van der Waals surface area contributed by atoms with Crippen LogP contribution < -0.4 is 10.6 Å². The number of carbonyl (C=O) groups excluding carboxylic acids is 2. The number of aliphatic carboxylic acids is 1. The SMILES string of the molecule is CC(C)C[C@@H](NC(=O)OCC1c2ccccc2-c2ccccc21)C(=O)NC(C(=O)O)C(C)OCc1ccccc1. The van der Waals surface area contributed by atoms with Gasteiger partial charge < -0.3 is 25.2 Å². The number of fused-ring (bicyclic) bond motifs is 3. The van der Waals surface area contributed by atoms with Crippen LogP contribution in [-0.2, 0) is 25.7 Å². The van der Waals surface area contributed by atoms with Crippen LogP contribution in [-0.4, -0.2) is 47.9 Å². The summed E-state index contributed by atoms with van der Waals surface area (Å²) < 4.78 is 11.4. The molecule has 3 atom stereocenters. The first-order valence-electron chi connectivity index (χ1n) is 13.5. The van der Waals surface area contributed by atoms with E-state index in [9.17, 15) is 19.5 Å². The number of rotatable bonds is 12. The number of nitrogens with one attached hydrogen (secondary N) is 2. The molecule has 0 aromatic heterocycles. The Labute approximate surface area is 234 Å². The predicted molar refractivity (Wildman–Crippen MR) is 152 cm³/mol. The second kappa shape index (κ2) is 13.3. The van der Waals surface area contributed by atoms with E-state index < -0.39 is 36.2 Å². The summed E-state index contributed by atoms with van der Waals surface area (Å²) in [6, 6.07) is 23.2. The van der Waals surface area contributed by atoms with Crippen molar-refractivity contribution in [3.8, 4) is 11.1 Å². The van der Waals surface area contributed by atoms with Crippen LogP contribution in [0.15, 0.2) is 78.9 Å². The second-order valence-corrected chi connectivity index (χ2v) is 10.5. The Bertz CT molecular complexity index is 1280. The van der Waals surface area contributed by atoms with Gasteiger partial charge in [0.2, 0.25) is 5.91 Å². The Hall–Kier alpha value is -4.17. The van der Waals surface area contributed by atoms with Gasteiger partial charge in [-0.05, 0) is 47.1 Å². The molecule has 3 aromatic carbocycles. The Balaban J connectivity index is 1.38. The fourth-order valence-corrected chi connectivity index (χ4v) is 5.02. The molecule has 8 heteroatoms. The second-order valence-electron chi connectivity index (χ2n) is 10.5. The van der Waals surface area contributed by atoms with Gasteiger partial charge in [-0.15, -0.1) is 0 Å². The number of carboxylic acids is 1. The molecule has 210 valence electrons. The summed E-state index contributed by atoms with van der Waals surface area (Å²) in [6.45, 7) is 5.74. The predicted octanol–water partition coefficient (Wildman–Crippen LogP) is 5.11. The molecule has 0 spiro atoms. The van der Waals surface area contributed by atoms with Crippen LogP contribution in [0.1, 0.15) is 49.8 Å². The fourth-order valence-electron chi connectivity index (χ4n) is 5.02. The number of carboxylic acid groups (broad SMARTS) is 1. The first-order valence-corrected chi connectivity index (χ1v) is 13.5. The van der Waals surface area contributed by atoms with E-state index in [1.807, 2.05) is 80.6 Å². The molecule has 40 heavy (non-hydrogen) atoms. The summed E-state index contributed by atoms with van der Waals surface area (Å²) in [5.74, 6) is -1.89. The van der Waals surface area contributed by atoms with E-state index >= 15 is 0 Å². The molecular formula is C32H36N2O6. The normalized spacial score (nSPS) is 14.5. The van der Waals surface area contributed by atoms with Crippen LogP contribution in [0.2, 0.25) is 0 Å². The molecule has 8 nitrogen and oxygen atoms in total. The summed E-state index contributed by atoms with van der Waals surface area (Å²) >= 11 is 0. The van der Waals surface area contributed by atoms with Gasteiger partial charge in [-0.1, -0.05) is 92.7 Å². The summed E-state index contributed by atoms with van der Waals surface area (Å²) in [7, 11) is 0. The standard InChI is InChI=1S/C32H36N2O6/c1-20(2)17-28(30(35)34-29(31(36)37)21(3)39-18-22-11-5-4-6-12-22)33-32(38)40-19-27-25-15-9-7-13-23(25)24-14-8-10-16-26(24)27/h4-16,20-21,27-29H,17-19H2,1-3H3,(H,33,38)(H,34,35)(H,36,37)/t21?,28-,29?/m1/s1. The zero-order valence-electron chi connectivity index (χ0n) is 23.0. The Morgan fingerprint density at radius 2 is 1.40 bits per heavy atom. The van der Waals surface area contributed by atoms with Gasteiger partial charge >= 0.3 is 12.1 Å². The topological polar surface area (TPSA) is 114 Å². The van der Waals surface area contributed by atoms with Crippen molar-refractivity contribution in [3.63, 3.8) is 0 Å². The first kappa shape index (κ1) is 28.8. The average molecular weight is 545 g/mol. The zero-order chi connectivity index (χ0) is 28.6. The zero-order valence-corrected chi connectivity index (χ0v) is 23.0. The average Bonchev–Trinajstić information content (AvgIpc) is 3.26. The van der Waals surface area contributed by atoms with Crippen molar-refractivity contribution < 1.29 is 29.0 Å². The third-order valence-corrected chi connectivity index (χ3v) is 7.05. The van der Waals surface area contributed by atoms with E-state index in [0.29, 0.717) is 6.42 Å². The van der Waals surface area contributed by atoms with E-state index in [4.69, 9.17) is 9.47 Å². The van der Waals surface area contributed by atoms with Gasteiger partial charge in [0.15, 0.2) is 6.04 Å². The lowest BCUT2D eigenvalue weighted by Crippen LogP contribution is -2.55. The van der Waals surface area contributed by atoms with Crippen molar-refractivity contribution in [2.75, 3.05) is 6.61 Å². The highest BCUT2D eigenvalue weighted by molar-refractivity contribution is 5.89. The first-order chi connectivity index (χ1) is 19.2. The van der Waals surface area contributed by atoms with Crippen molar-refractivity contribution in [1.82, 2.24) is 10.6 Å². The van der Waals surface area contributed by atoms with E-state index in [-0.39, 0.29) is 25.0 Å². The van der Waals surface area contributed by atoms with Gasteiger partial charge in [0.05, 0.1) is 12.7 Å². The number of hydrogen-bond acceptors (Lipinski definition) is 5. The molecule has 0 aliphatic heterocycles. The fraction of sp³-hybridized carbons (Fsp3) is 0.344. The minimum absolute atomic E-state index is 0.0552. The lowest BCUT2D eigenvalue weighted by molar-refractivity contribution is -0.146. The van der Waals surface area contributed by atoms with Gasteiger partial charge in [0.1, 0.15) is 12.6 Å². The molecule has 2 unspecified atom stereocenters. The van der Waals surface area contributed by atoms with E-state index in [1.54, 1.807) is 6.92 Å². The van der Waals surface area contributed by atoms with E-state index in [1.165, 1.54) is 0 Å². The van der Waals surface area contributed by atoms with Crippen LogP contribution in [0, 0.1) is 5.92 Å². The minimum Gasteiger partial charge on any atom is -0.480 e. The van der Waals surface area contributed by atoms with Crippen LogP contribution in [0.3, 0.4) is 0 Å². The Kier molecular flexibility index (Phi) is 9.56. The molecule has 4 rings (SSSR count). The van der Waals surface area contributed by atoms with Crippen LogP contribution in [0.5, 0.6) is 0 Å².